The summed E-state index contributed by atoms with van der Waals surface area (Å²) in [5.74, 6) is 0. The van der Waals surface area contributed by atoms with Gasteiger partial charge in [-0.2, -0.15) is 0 Å². The summed E-state index contributed by atoms with van der Waals surface area (Å²) in [6.07, 6.45) is -0.391. The number of aliphatic hydroxyl groups excluding tert-OH is 1. The third-order valence-corrected chi connectivity index (χ3v) is 2.61. The van der Waals surface area contributed by atoms with E-state index in [9.17, 15) is 4.39 Å². The molecule has 0 amide bonds. The molecule has 1 aromatic rings. The third kappa shape index (κ3) is 0.950. The van der Waals surface area contributed by atoms with Gasteiger partial charge in [-0.15, -0.1) is 0 Å². The lowest BCUT2D eigenvalue weighted by Crippen LogP contribution is -2.15. The number of hydrogen-bond acceptors (Lipinski definition) is 1. The lowest BCUT2D eigenvalue weighted by atomic mass is 9.97. The lowest BCUT2D eigenvalue weighted by Gasteiger charge is -2.10. The van der Waals surface area contributed by atoms with Gasteiger partial charge in [0.1, 0.15) is 6.17 Å². The van der Waals surface area contributed by atoms with E-state index in [4.69, 9.17) is 5.11 Å². The van der Waals surface area contributed by atoms with E-state index in [0.717, 1.165) is 5.56 Å². The maximum absolute atomic E-state index is 13.0. The number of hydrogen-bond donors (Lipinski definition) is 1. The summed E-state index contributed by atoms with van der Waals surface area (Å²) in [6, 6.07) is 9.38. The first kappa shape index (κ1) is 7.74. The van der Waals surface area contributed by atoms with Crippen LogP contribution in [-0.2, 0) is 5.41 Å². The van der Waals surface area contributed by atoms with Crippen LogP contribution in [0.4, 0.5) is 4.39 Å². The number of alkyl halides is 1. The van der Waals surface area contributed by atoms with E-state index < -0.39 is 11.6 Å². The number of aliphatic hydroxyl groups is 1. The molecule has 0 bridgehead atoms. The highest BCUT2D eigenvalue weighted by molar-refractivity contribution is 5.34. The van der Waals surface area contributed by atoms with Crippen molar-refractivity contribution in [2.45, 2.75) is 18.0 Å². The van der Waals surface area contributed by atoms with Gasteiger partial charge in [0.2, 0.25) is 0 Å². The van der Waals surface area contributed by atoms with Crippen molar-refractivity contribution in [2.75, 3.05) is 6.61 Å². The maximum Gasteiger partial charge on any atom is 0.113 e. The van der Waals surface area contributed by atoms with Crippen LogP contribution in [-0.4, -0.2) is 17.9 Å². The molecule has 64 valence electrons. The Bertz CT molecular complexity index is 268. The molecular formula is C10H11FO. The number of benzene rings is 1. The van der Waals surface area contributed by atoms with Crippen LogP contribution in [0.2, 0.25) is 0 Å². The summed E-state index contributed by atoms with van der Waals surface area (Å²) in [5.41, 5.74) is 0.348. The molecule has 12 heavy (non-hydrogen) atoms. The molecule has 0 saturated heterocycles. The zero-order chi connectivity index (χ0) is 8.60. The molecule has 0 spiro atoms. The van der Waals surface area contributed by atoms with Crippen LogP contribution < -0.4 is 0 Å². The Hall–Kier alpha value is -0.890. The summed E-state index contributed by atoms with van der Waals surface area (Å²) < 4.78 is 13.0. The largest absolute Gasteiger partial charge is 0.395 e. The molecule has 2 heteroatoms. The zero-order valence-electron chi connectivity index (χ0n) is 6.70. The van der Waals surface area contributed by atoms with E-state index in [1.807, 2.05) is 30.3 Å². The second kappa shape index (κ2) is 2.56. The Balaban J connectivity index is 2.31. The summed E-state index contributed by atoms with van der Waals surface area (Å²) >= 11 is 0. The van der Waals surface area contributed by atoms with E-state index in [1.165, 1.54) is 0 Å². The zero-order valence-corrected chi connectivity index (χ0v) is 6.70. The van der Waals surface area contributed by atoms with E-state index in [1.54, 1.807) is 0 Å². The van der Waals surface area contributed by atoms with Crippen LogP contribution in [0.15, 0.2) is 30.3 Å². The van der Waals surface area contributed by atoms with Gasteiger partial charge < -0.3 is 5.11 Å². The number of rotatable bonds is 2. The molecule has 1 saturated carbocycles. The Morgan fingerprint density at radius 1 is 1.42 bits per heavy atom. The summed E-state index contributed by atoms with van der Waals surface area (Å²) in [7, 11) is 0. The van der Waals surface area contributed by atoms with Crippen molar-refractivity contribution in [3.05, 3.63) is 35.9 Å². The molecular weight excluding hydrogens is 155 g/mol. The van der Waals surface area contributed by atoms with Gasteiger partial charge in [0, 0.05) is 0 Å². The second-order valence-electron chi connectivity index (χ2n) is 3.35. The lowest BCUT2D eigenvalue weighted by molar-refractivity contribution is 0.233. The second-order valence-corrected chi connectivity index (χ2v) is 3.35. The van der Waals surface area contributed by atoms with Crippen LogP contribution in [0, 0.1) is 0 Å². The summed E-state index contributed by atoms with van der Waals surface area (Å²) in [4.78, 5) is 0. The van der Waals surface area contributed by atoms with Gasteiger partial charge in [-0.3, -0.25) is 0 Å². The molecule has 1 unspecified atom stereocenters. The third-order valence-electron chi connectivity index (χ3n) is 2.61. The molecule has 1 aliphatic carbocycles. The first-order chi connectivity index (χ1) is 5.79. The quantitative estimate of drug-likeness (QED) is 0.708. The van der Waals surface area contributed by atoms with Crippen LogP contribution in [0.25, 0.3) is 0 Å². The molecule has 1 aromatic carbocycles. The Morgan fingerprint density at radius 3 is 2.42 bits per heavy atom. The Labute approximate surface area is 70.8 Å². The van der Waals surface area contributed by atoms with E-state index in [0.29, 0.717) is 6.42 Å². The SMILES string of the molecule is OC[C@@]1(c2ccccc2)CC1F. The van der Waals surface area contributed by atoms with Crippen molar-refractivity contribution in [2.24, 2.45) is 0 Å². The monoisotopic (exact) mass is 166 g/mol. The van der Waals surface area contributed by atoms with Gasteiger partial charge in [-0.05, 0) is 12.0 Å². The molecule has 2 rings (SSSR count). The minimum atomic E-state index is -0.857. The van der Waals surface area contributed by atoms with Crippen molar-refractivity contribution in [1.29, 1.82) is 0 Å². The van der Waals surface area contributed by atoms with Crippen molar-refractivity contribution < 1.29 is 9.50 Å². The van der Waals surface area contributed by atoms with E-state index in [-0.39, 0.29) is 6.61 Å². The van der Waals surface area contributed by atoms with Crippen LogP contribution in [0.5, 0.6) is 0 Å². The van der Waals surface area contributed by atoms with E-state index >= 15 is 0 Å². The van der Waals surface area contributed by atoms with Gasteiger partial charge in [0.25, 0.3) is 0 Å². The van der Waals surface area contributed by atoms with Crippen molar-refractivity contribution >= 4 is 0 Å². The maximum atomic E-state index is 13.0. The predicted molar refractivity (Wildman–Crippen MR) is 44.7 cm³/mol. The van der Waals surface area contributed by atoms with Gasteiger partial charge >= 0.3 is 0 Å². The highest BCUT2D eigenvalue weighted by Gasteiger charge is 2.55. The molecule has 2 atom stereocenters. The van der Waals surface area contributed by atoms with Gasteiger partial charge in [-0.25, -0.2) is 4.39 Å². The summed E-state index contributed by atoms with van der Waals surface area (Å²) in [5, 5.41) is 9.04. The molecule has 0 radical (unpaired) electrons. The molecule has 1 fully saturated rings. The molecule has 0 heterocycles. The molecule has 1 nitrogen and oxygen atoms in total. The highest BCUT2D eigenvalue weighted by Crippen LogP contribution is 2.50. The first-order valence-electron chi connectivity index (χ1n) is 4.10. The summed E-state index contributed by atoms with van der Waals surface area (Å²) in [6.45, 7) is -0.0851. The van der Waals surface area contributed by atoms with Crippen LogP contribution in [0.3, 0.4) is 0 Å². The van der Waals surface area contributed by atoms with Gasteiger partial charge in [0.05, 0.1) is 12.0 Å². The normalized spacial score (nSPS) is 33.3. The molecule has 1 aliphatic rings. The smallest absolute Gasteiger partial charge is 0.113 e. The molecule has 0 aliphatic heterocycles. The average Bonchev–Trinajstić information content (AvgIpc) is 2.80. The Kier molecular flexibility index (Phi) is 1.65. The van der Waals surface area contributed by atoms with Crippen LogP contribution >= 0.6 is 0 Å². The predicted octanol–water partition coefficient (Wildman–Crippen LogP) is 1.66. The van der Waals surface area contributed by atoms with Crippen molar-refractivity contribution in [1.82, 2.24) is 0 Å². The van der Waals surface area contributed by atoms with E-state index in [2.05, 4.69) is 0 Å². The van der Waals surface area contributed by atoms with Crippen molar-refractivity contribution in [3.8, 4) is 0 Å². The van der Waals surface area contributed by atoms with Gasteiger partial charge in [-0.1, -0.05) is 30.3 Å². The fourth-order valence-electron chi connectivity index (χ4n) is 1.58. The standard InChI is InChI=1S/C10H11FO/c11-9-6-10(9,7-12)8-4-2-1-3-5-8/h1-5,9,12H,6-7H2/t9?,10-/m1/s1. The highest BCUT2D eigenvalue weighted by atomic mass is 19.1. The Morgan fingerprint density at radius 2 is 2.00 bits per heavy atom. The fraction of sp³-hybridized carbons (Fsp3) is 0.400. The average molecular weight is 166 g/mol. The fourth-order valence-corrected chi connectivity index (χ4v) is 1.58. The molecule has 0 aromatic heterocycles. The van der Waals surface area contributed by atoms with Gasteiger partial charge in [0.15, 0.2) is 0 Å². The van der Waals surface area contributed by atoms with Crippen LogP contribution in [0.1, 0.15) is 12.0 Å². The topological polar surface area (TPSA) is 20.2 Å². The first-order valence-corrected chi connectivity index (χ1v) is 4.10. The van der Waals surface area contributed by atoms with Crippen molar-refractivity contribution in [3.63, 3.8) is 0 Å². The minimum Gasteiger partial charge on any atom is -0.395 e. The number of halogens is 1. The molecule has 1 N–H and O–H groups in total. The minimum absolute atomic E-state index is 0.0851.